The van der Waals surface area contributed by atoms with E-state index in [0.29, 0.717) is 28.9 Å². The predicted octanol–water partition coefficient (Wildman–Crippen LogP) is 2.56. The third kappa shape index (κ3) is 3.47. The molecule has 2 fully saturated rings. The molecule has 10 heteroatoms. The van der Waals surface area contributed by atoms with Gasteiger partial charge in [-0.3, -0.25) is 4.79 Å². The minimum atomic E-state index is -0.735. The zero-order chi connectivity index (χ0) is 23.4. The number of aromatic nitrogens is 3. The fourth-order valence-corrected chi connectivity index (χ4v) is 4.60. The molecule has 2 N–H and O–H groups in total. The third-order valence-corrected chi connectivity index (χ3v) is 6.15. The van der Waals surface area contributed by atoms with Gasteiger partial charge in [0, 0.05) is 17.8 Å². The number of hydrogen-bond donors (Lipinski definition) is 2. The van der Waals surface area contributed by atoms with Crippen molar-refractivity contribution in [2.75, 3.05) is 13.2 Å². The van der Waals surface area contributed by atoms with Crippen LogP contribution in [0.15, 0.2) is 59.8 Å². The number of ether oxygens (including phenoxy) is 3. The molecule has 2 aliphatic heterocycles. The van der Waals surface area contributed by atoms with Crippen LogP contribution in [0.25, 0.3) is 27.8 Å². The summed E-state index contributed by atoms with van der Waals surface area (Å²) in [4.78, 5) is 19.4. The number of H-pyrrole nitrogens is 1. The molecule has 0 amide bonds. The van der Waals surface area contributed by atoms with E-state index in [9.17, 15) is 18.7 Å². The van der Waals surface area contributed by atoms with Crippen LogP contribution in [-0.4, -0.2) is 57.3 Å². The van der Waals surface area contributed by atoms with E-state index in [1.165, 1.54) is 23.0 Å². The van der Waals surface area contributed by atoms with E-state index in [0.717, 1.165) is 6.07 Å². The lowest BCUT2D eigenvalue weighted by Gasteiger charge is -2.18. The van der Waals surface area contributed by atoms with E-state index < -0.39 is 17.7 Å². The van der Waals surface area contributed by atoms with Crippen molar-refractivity contribution in [3.8, 4) is 22.6 Å². The molecule has 174 valence electrons. The Morgan fingerprint density at radius 3 is 2.56 bits per heavy atom. The summed E-state index contributed by atoms with van der Waals surface area (Å²) in [5.74, 6) is -0.894. The van der Waals surface area contributed by atoms with Crippen molar-refractivity contribution in [3.63, 3.8) is 0 Å². The molecule has 4 heterocycles. The number of aliphatic hydroxyl groups is 1. The standard InChI is InChI=1S/C24H19F2N3O5/c25-13-5-14(26)7-15(6-13)29-8-17(20-23(29)27-11-28-24(20)31)12-1-3-16(4-2-12)34-19-10-33-21-18(30)9-32-22(19)21/h1-8,11,18-19,21-22,30H,9-10H2,(H,27,28,31)/t18-,19-,21+,22+/m1/s1. The number of hydrogen-bond acceptors (Lipinski definition) is 6. The number of nitrogens with one attached hydrogen (secondary N) is 1. The van der Waals surface area contributed by atoms with Gasteiger partial charge < -0.3 is 28.9 Å². The molecule has 2 saturated heterocycles. The van der Waals surface area contributed by atoms with Crippen LogP contribution in [0.5, 0.6) is 5.75 Å². The van der Waals surface area contributed by atoms with E-state index in [4.69, 9.17) is 14.2 Å². The quantitative estimate of drug-likeness (QED) is 0.479. The van der Waals surface area contributed by atoms with Gasteiger partial charge in [0.15, 0.2) is 11.8 Å². The van der Waals surface area contributed by atoms with Crippen LogP contribution in [0.4, 0.5) is 8.78 Å². The molecule has 0 aliphatic carbocycles. The molecule has 0 bridgehead atoms. The van der Waals surface area contributed by atoms with Crippen LogP contribution in [0, 0.1) is 11.6 Å². The molecule has 34 heavy (non-hydrogen) atoms. The van der Waals surface area contributed by atoms with Crippen LogP contribution < -0.4 is 10.3 Å². The Kier molecular flexibility index (Phi) is 4.94. The predicted molar refractivity (Wildman–Crippen MR) is 117 cm³/mol. The first-order chi connectivity index (χ1) is 16.5. The van der Waals surface area contributed by atoms with Crippen molar-refractivity contribution >= 4 is 11.0 Å². The Morgan fingerprint density at radius 1 is 1.06 bits per heavy atom. The lowest BCUT2D eigenvalue weighted by atomic mass is 10.1. The van der Waals surface area contributed by atoms with E-state index in [1.807, 2.05) is 0 Å². The van der Waals surface area contributed by atoms with Gasteiger partial charge in [-0.05, 0) is 29.8 Å². The number of aliphatic hydroxyl groups excluding tert-OH is 1. The van der Waals surface area contributed by atoms with E-state index in [-0.39, 0.29) is 41.8 Å². The van der Waals surface area contributed by atoms with Gasteiger partial charge >= 0.3 is 0 Å². The SMILES string of the molecule is O=c1[nH]cnc2c1c(-c1ccc(O[C@@H]3CO[C@@H]4[C@H]3OC[C@H]4O)cc1)cn2-c1cc(F)cc(F)c1. The fourth-order valence-electron chi connectivity index (χ4n) is 4.60. The Hall–Kier alpha value is -3.60. The number of halogens is 2. The summed E-state index contributed by atoms with van der Waals surface area (Å²) in [6.07, 6.45) is 1.16. The molecule has 2 aliphatic rings. The Morgan fingerprint density at radius 2 is 1.79 bits per heavy atom. The van der Waals surface area contributed by atoms with Gasteiger partial charge in [-0.25, -0.2) is 13.8 Å². The monoisotopic (exact) mass is 467 g/mol. The van der Waals surface area contributed by atoms with E-state index >= 15 is 0 Å². The molecule has 2 aromatic carbocycles. The Bertz CT molecular complexity index is 1410. The summed E-state index contributed by atoms with van der Waals surface area (Å²) >= 11 is 0. The largest absolute Gasteiger partial charge is 0.485 e. The highest BCUT2D eigenvalue weighted by Crippen LogP contribution is 2.33. The minimum Gasteiger partial charge on any atom is -0.485 e. The van der Waals surface area contributed by atoms with Gasteiger partial charge in [0.05, 0.1) is 30.6 Å². The minimum absolute atomic E-state index is 0.210. The first-order valence-electron chi connectivity index (χ1n) is 10.7. The third-order valence-electron chi connectivity index (χ3n) is 6.15. The number of rotatable bonds is 4. The van der Waals surface area contributed by atoms with E-state index in [2.05, 4.69) is 9.97 Å². The molecule has 8 nitrogen and oxygen atoms in total. The number of aromatic amines is 1. The zero-order valence-corrected chi connectivity index (χ0v) is 17.7. The maximum atomic E-state index is 13.8. The van der Waals surface area contributed by atoms with Gasteiger partial charge in [0.1, 0.15) is 35.7 Å². The summed E-state index contributed by atoms with van der Waals surface area (Å²) in [5, 5.41) is 10.2. The fraction of sp³-hybridized carbons (Fsp3) is 0.250. The summed E-state index contributed by atoms with van der Waals surface area (Å²) in [5.41, 5.74) is 1.35. The summed E-state index contributed by atoms with van der Waals surface area (Å²) < 4.78 is 46.4. The zero-order valence-electron chi connectivity index (χ0n) is 17.7. The van der Waals surface area contributed by atoms with Gasteiger partial charge in [0.2, 0.25) is 0 Å². The second-order valence-electron chi connectivity index (χ2n) is 8.31. The van der Waals surface area contributed by atoms with Crippen molar-refractivity contribution < 1.29 is 28.1 Å². The Labute approximate surface area is 191 Å². The van der Waals surface area contributed by atoms with Crippen molar-refractivity contribution in [2.45, 2.75) is 24.4 Å². The molecule has 0 spiro atoms. The highest BCUT2D eigenvalue weighted by atomic mass is 19.1. The maximum Gasteiger partial charge on any atom is 0.260 e. The normalized spacial score (nSPS) is 24.0. The lowest BCUT2D eigenvalue weighted by molar-refractivity contribution is 0.00863. The second kappa shape index (κ2) is 8.01. The summed E-state index contributed by atoms with van der Waals surface area (Å²) in [6, 6.07) is 10.2. The van der Waals surface area contributed by atoms with Crippen molar-refractivity contribution in [3.05, 3.63) is 77.0 Å². The van der Waals surface area contributed by atoms with Crippen molar-refractivity contribution in [2.24, 2.45) is 0 Å². The van der Waals surface area contributed by atoms with Crippen LogP contribution in [-0.2, 0) is 9.47 Å². The van der Waals surface area contributed by atoms with Crippen molar-refractivity contribution in [1.29, 1.82) is 0 Å². The van der Waals surface area contributed by atoms with Gasteiger partial charge in [-0.1, -0.05) is 12.1 Å². The number of nitrogens with zero attached hydrogens (tertiary/aromatic N) is 2. The molecule has 0 saturated carbocycles. The molecular weight excluding hydrogens is 448 g/mol. The molecular formula is C24H19F2N3O5. The highest BCUT2D eigenvalue weighted by molar-refractivity contribution is 5.94. The molecule has 6 rings (SSSR count). The second-order valence-corrected chi connectivity index (χ2v) is 8.31. The molecule has 0 unspecified atom stereocenters. The summed E-state index contributed by atoms with van der Waals surface area (Å²) in [6.45, 7) is 0.531. The van der Waals surface area contributed by atoms with Gasteiger partial charge in [-0.2, -0.15) is 0 Å². The van der Waals surface area contributed by atoms with Crippen LogP contribution >= 0.6 is 0 Å². The van der Waals surface area contributed by atoms with Crippen molar-refractivity contribution in [1.82, 2.24) is 14.5 Å². The summed E-state index contributed by atoms with van der Waals surface area (Å²) in [7, 11) is 0. The smallest absolute Gasteiger partial charge is 0.260 e. The first-order valence-corrected chi connectivity index (χ1v) is 10.7. The average Bonchev–Trinajstić information content (AvgIpc) is 3.50. The topological polar surface area (TPSA) is 98.6 Å². The van der Waals surface area contributed by atoms with E-state index in [1.54, 1.807) is 30.5 Å². The molecule has 4 atom stereocenters. The van der Waals surface area contributed by atoms with Crippen LogP contribution in [0.2, 0.25) is 0 Å². The molecule has 2 aromatic heterocycles. The molecule has 4 aromatic rings. The number of benzene rings is 2. The Balaban J connectivity index is 1.35. The molecule has 0 radical (unpaired) electrons. The number of fused-ring (bicyclic) bond motifs is 2. The van der Waals surface area contributed by atoms with Crippen LogP contribution in [0.1, 0.15) is 0 Å². The lowest BCUT2D eigenvalue weighted by Crippen LogP contribution is -2.34. The highest BCUT2D eigenvalue weighted by Gasteiger charge is 2.48. The first kappa shape index (κ1) is 21.0. The van der Waals surface area contributed by atoms with Gasteiger partial charge in [0.25, 0.3) is 5.56 Å². The van der Waals surface area contributed by atoms with Crippen LogP contribution in [0.3, 0.4) is 0 Å². The van der Waals surface area contributed by atoms with Gasteiger partial charge in [-0.15, -0.1) is 0 Å². The maximum absolute atomic E-state index is 13.8. The average molecular weight is 467 g/mol.